The molecule has 0 saturated carbocycles. The van der Waals surface area contributed by atoms with Crippen LogP contribution in [0.4, 0.5) is 5.69 Å². The summed E-state index contributed by atoms with van der Waals surface area (Å²) in [5.41, 5.74) is 0.517. The van der Waals surface area contributed by atoms with Gasteiger partial charge in [-0.1, -0.05) is 25.1 Å². The molecule has 22 heavy (non-hydrogen) atoms. The standard InChI is InChI=1S/C16H20N2O4/c1-4-11-8-6-7-9-13(11)18-16(3,15(20)21)10-12(17-18)14(19)22-5-2/h6-9H,4-5,10H2,1-3H3,(H,20,21). The molecule has 1 heterocycles. The third kappa shape index (κ3) is 2.68. The van der Waals surface area contributed by atoms with Crippen molar-refractivity contribution in [2.75, 3.05) is 11.6 Å². The van der Waals surface area contributed by atoms with Crippen molar-refractivity contribution in [3.63, 3.8) is 0 Å². The van der Waals surface area contributed by atoms with Gasteiger partial charge in [-0.3, -0.25) is 0 Å². The predicted octanol–water partition coefficient (Wildman–Crippen LogP) is 2.22. The fourth-order valence-corrected chi connectivity index (χ4v) is 2.50. The van der Waals surface area contributed by atoms with Crippen LogP contribution in [0.15, 0.2) is 29.4 Å². The minimum absolute atomic E-state index is 0.0131. The molecule has 0 amide bonds. The van der Waals surface area contributed by atoms with Gasteiger partial charge in [-0.15, -0.1) is 0 Å². The quantitative estimate of drug-likeness (QED) is 0.844. The summed E-state index contributed by atoms with van der Waals surface area (Å²) >= 11 is 0. The summed E-state index contributed by atoms with van der Waals surface area (Å²) in [6.07, 6.45) is 0.756. The molecule has 1 aliphatic rings. The zero-order valence-corrected chi connectivity index (χ0v) is 13.0. The molecular formula is C16H20N2O4. The summed E-state index contributed by atoms with van der Waals surface area (Å²) in [5, 5.41) is 15.3. The number of hydrogen-bond acceptors (Lipinski definition) is 5. The van der Waals surface area contributed by atoms with Crippen LogP contribution >= 0.6 is 0 Å². The van der Waals surface area contributed by atoms with Gasteiger partial charge in [0.15, 0.2) is 5.54 Å². The van der Waals surface area contributed by atoms with E-state index < -0.39 is 17.5 Å². The van der Waals surface area contributed by atoms with E-state index in [4.69, 9.17) is 4.74 Å². The number of hydrazone groups is 1. The van der Waals surface area contributed by atoms with Crippen LogP contribution in [0.2, 0.25) is 0 Å². The highest BCUT2D eigenvalue weighted by Gasteiger charge is 2.48. The number of carboxylic acid groups (broad SMARTS) is 1. The van der Waals surface area contributed by atoms with E-state index in [0.29, 0.717) is 5.69 Å². The Bertz CT molecular complexity index is 626. The van der Waals surface area contributed by atoms with Gasteiger partial charge in [-0.05, 0) is 31.9 Å². The number of nitrogens with zero attached hydrogens (tertiary/aromatic N) is 2. The number of ether oxygens (including phenoxy) is 1. The summed E-state index contributed by atoms with van der Waals surface area (Å²) in [6, 6.07) is 7.47. The zero-order valence-electron chi connectivity index (χ0n) is 13.0. The molecule has 1 atom stereocenters. The van der Waals surface area contributed by atoms with Gasteiger partial charge in [-0.2, -0.15) is 5.10 Å². The highest BCUT2D eigenvalue weighted by atomic mass is 16.5. The number of carbonyl (C=O) groups is 2. The summed E-state index contributed by atoms with van der Waals surface area (Å²) < 4.78 is 4.95. The summed E-state index contributed by atoms with van der Waals surface area (Å²) in [5.74, 6) is -1.59. The van der Waals surface area contributed by atoms with E-state index in [9.17, 15) is 14.7 Å². The molecule has 0 fully saturated rings. The van der Waals surface area contributed by atoms with E-state index in [-0.39, 0.29) is 18.7 Å². The molecule has 0 aliphatic carbocycles. The first-order valence-electron chi connectivity index (χ1n) is 7.30. The molecule has 1 N–H and O–H groups in total. The maximum Gasteiger partial charge on any atom is 0.354 e. The Labute approximate surface area is 129 Å². The average molecular weight is 304 g/mol. The van der Waals surface area contributed by atoms with Gasteiger partial charge >= 0.3 is 11.9 Å². The van der Waals surface area contributed by atoms with E-state index in [0.717, 1.165) is 12.0 Å². The number of carbonyl (C=O) groups excluding carboxylic acids is 1. The third-order valence-electron chi connectivity index (χ3n) is 3.77. The summed E-state index contributed by atoms with van der Waals surface area (Å²) in [6.45, 7) is 5.49. The summed E-state index contributed by atoms with van der Waals surface area (Å²) in [4.78, 5) is 23.7. The van der Waals surface area contributed by atoms with Crippen molar-refractivity contribution < 1.29 is 19.4 Å². The molecule has 0 bridgehead atoms. The van der Waals surface area contributed by atoms with Crippen molar-refractivity contribution in [3.8, 4) is 0 Å². The maximum atomic E-state index is 11.9. The highest BCUT2D eigenvalue weighted by Crippen LogP contribution is 2.35. The smallest absolute Gasteiger partial charge is 0.354 e. The molecular weight excluding hydrogens is 284 g/mol. The van der Waals surface area contributed by atoms with Crippen molar-refractivity contribution in [3.05, 3.63) is 29.8 Å². The fourth-order valence-electron chi connectivity index (χ4n) is 2.50. The molecule has 0 aromatic heterocycles. The number of para-hydroxylation sites is 1. The molecule has 1 aromatic rings. The Kier molecular flexibility index (Phi) is 4.49. The van der Waals surface area contributed by atoms with Crippen LogP contribution in [-0.2, 0) is 20.7 Å². The predicted molar refractivity (Wildman–Crippen MR) is 83.0 cm³/mol. The normalized spacial score (nSPS) is 20.7. The van der Waals surface area contributed by atoms with Crippen molar-refractivity contribution in [2.24, 2.45) is 5.10 Å². The zero-order chi connectivity index (χ0) is 16.3. The number of carboxylic acids is 1. The van der Waals surface area contributed by atoms with Gasteiger partial charge in [0.05, 0.1) is 12.3 Å². The number of aliphatic carboxylic acids is 1. The minimum atomic E-state index is -1.30. The second kappa shape index (κ2) is 6.17. The van der Waals surface area contributed by atoms with Crippen LogP contribution in [0.5, 0.6) is 0 Å². The number of anilines is 1. The maximum absolute atomic E-state index is 11.9. The van der Waals surface area contributed by atoms with Crippen LogP contribution in [-0.4, -0.2) is 34.9 Å². The molecule has 1 unspecified atom stereocenters. The van der Waals surface area contributed by atoms with Gasteiger partial charge in [0.2, 0.25) is 0 Å². The first-order valence-corrected chi connectivity index (χ1v) is 7.30. The van der Waals surface area contributed by atoms with Crippen LogP contribution in [0.25, 0.3) is 0 Å². The van der Waals surface area contributed by atoms with Crippen molar-refractivity contribution in [1.82, 2.24) is 0 Å². The van der Waals surface area contributed by atoms with Crippen molar-refractivity contribution >= 4 is 23.3 Å². The number of rotatable bonds is 5. The van der Waals surface area contributed by atoms with E-state index in [1.54, 1.807) is 13.8 Å². The molecule has 0 radical (unpaired) electrons. The van der Waals surface area contributed by atoms with E-state index in [2.05, 4.69) is 5.10 Å². The van der Waals surface area contributed by atoms with Crippen LogP contribution in [0.1, 0.15) is 32.8 Å². The number of esters is 1. The second-order valence-corrected chi connectivity index (χ2v) is 5.32. The van der Waals surface area contributed by atoms with Crippen LogP contribution < -0.4 is 5.01 Å². The first-order chi connectivity index (χ1) is 10.4. The van der Waals surface area contributed by atoms with Gasteiger partial charge < -0.3 is 9.84 Å². The Hall–Kier alpha value is -2.37. The van der Waals surface area contributed by atoms with Crippen LogP contribution in [0.3, 0.4) is 0 Å². The minimum Gasteiger partial charge on any atom is -0.479 e. The lowest BCUT2D eigenvalue weighted by molar-refractivity contribution is -0.142. The summed E-state index contributed by atoms with van der Waals surface area (Å²) in [7, 11) is 0. The SMILES string of the molecule is CCOC(=O)C1=NN(c2ccccc2CC)C(C)(C(=O)O)C1. The molecule has 1 aliphatic heterocycles. The Balaban J connectivity index is 2.48. The lowest BCUT2D eigenvalue weighted by Crippen LogP contribution is -2.47. The molecule has 6 heteroatoms. The Morgan fingerprint density at radius 1 is 1.36 bits per heavy atom. The second-order valence-electron chi connectivity index (χ2n) is 5.32. The molecule has 0 spiro atoms. The molecule has 1 aromatic carbocycles. The topological polar surface area (TPSA) is 79.2 Å². The Morgan fingerprint density at radius 2 is 2.05 bits per heavy atom. The van der Waals surface area contributed by atoms with Crippen LogP contribution in [0, 0.1) is 0 Å². The number of hydrogen-bond donors (Lipinski definition) is 1. The van der Waals surface area contributed by atoms with Crippen molar-refractivity contribution in [2.45, 2.75) is 39.2 Å². The van der Waals surface area contributed by atoms with E-state index in [1.807, 2.05) is 31.2 Å². The van der Waals surface area contributed by atoms with Crippen molar-refractivity contribution in [1.29, 1.82) is 0 Å². The highest BCUT2D eigenvalue weighted by molar-refractivity contribution is 6.38. The van der Waals surface area contributed by atoms with Gasteiger partial charge in [-0.25, -0.2) is 14.6 Å². The lowest BCUT2D eigenvalue weighted by Gasteiger charge is -2.31. The fraction of sp³-hybridized carbons (Fsp3) is 0.438. The lowest BCUT2D eigenvalue weighted by atomic mass is 9.94. The first kappa shape index (κ1) is 16.0. The monoisotopic (exact) mass is 304 g/mol. The van der Waals surface area contributed by atoms with E-state index in [1.165, 1.54) is 5.01 Å². The molecule has 118 valence electrons. The van der Waals surface area contributed by atoms with Gasteiger partial charge in [0.25, 0.3) is 0 Å². The molecule has 2 rings (SSSR count). The molecule has 0 saturated heterocycles. The number of aryl methyl sites for hydroxylation is 1. The molecule has 6 nitrogen and oxygen atoms in total. The largest absolute Gasteiger partial charge is 0.479 e. The number of benzene rings is 1. The van der Waals surface area contributed by atoms with E-state index >= 15 is 0 Å². The third-order valence-corrected chi connectivity index (χ3v) is 3.77. The Morgan fingerprint density at radius 3 is 2.64 bits per heavy atom. The van der Waals surface area contributed by atoms with Gasteiger partial charge in [0.1, 0.15) is 5.71 Å². The average Bonchev–Trinajstić information content (AvgIpc) is 2.87. The van der Waals surface area contributed by atoms with Gasteiger partial charge in [0, 0.05) is 6.42 Å².